The summed E-state index contributed by atoms with van der Waals surface area (Å²) >= 11 is 1.28. The summed E-state index contributed by atoms with van der Waals surface area (Å²) in [5.41, 5.74) is 1.09. The highest BCUT2D eigenvalue weighted by atomic mass is 32.2. The maximum atomic E-state index is 11.3. The number of thioether (sulfide) groups is 1. The molecule has 0 amide bonds. The van der Waals surface area contributed by atoms with E-state index in [9.17, 15) is 4.79 Å². The predicted molar refractivity (Wildman–Crippen MR) is 50.9 cm³/mol. The van der Waals surface area contributed by atoms with Crippen LogP contribution in [0.5, 0.6) is 0 Å². The van der Waals surface area contributed by atoms with Crippen molar-refractivity contribution in [1.29, 1.82) is 0 Å². The molecular weight excluding hydrogens is 168 g/mol. The molecule has 1 heterocycles. The molecule has 2 heteroatoms. The molecule has 0 saturated heterocycles. The van der Waals surface area contributed by atoms with Crippen LogP contribution in [-0.4, -0.2) is 5.12 Å². The molecule has 2 rings (SSSR count). The SMILES string of the molecule is O=C1SC=CC1c1ccccc1. The molecule has 60 valence electrons. The van der Waals surface area contributed by atoms with Gasteiger partial charge in [-0.1, -0.05) is 48.2 Å². The van der Waals surface area contributed by atoms with E-state index in [0.717, 1.165) is 5.56 Å². The number of carbonyl (C=O) groups excluding carboxylic acids is 1. The van der Waals surface area contributed by atoms with Gasteiger partial charge in [0.15, 0.2) is 0 Å². The van der Waals surface area contributed by atoms with Crippen LogP contribution >= 0.6 is 11.8 Å². The first-order valence-electron chi connectivity index (χ1n) is 3.80. The van der Waals surface area contributed by atoms with Crippen molar-refractivity contribution < 1.29 is 4.79 Å². The third-order valence-electron chi connectivity index (χ3n) is 1.87. The summed E-state index contributed by atoms with van der Waals surface area (Å²) in [5.74, 6) is -0.0174. The van der Waals surface area contributed by atoms with E-state index in [2.05, 4.69) is 0 Å². The van der Waals surface area contributed by atoms with Crippen LogP contribution in [0.25, 0.3) is 0 Å². The molecule has 0 aliphatic carbocycles. The van der Waals surface area contributed by atoms with E-state index >= 15 is 0 Å². The van der Waals surface area contributed by atoms with Crippen LogP contribution in [-0.2, 0) is 4.79 Å². The molecular formula is C10H8OS. The van der Waals surface area contributed by atoms with E-state index in [1.54, 1.807) is 0 Å². The molecule has 0 aromatic heterocycles. The van der Waals surface area contributed by atoms with Gasteiger partial charge in [-0.2, -0.15) is 0 Å². The second-order valence-electron chi connectivity index (χ2n) is 2.65. The quantitative estimate of drug-likeness (QED) is 0.654. The topological polar surface area (TPSA) is 17.1 Å². The fraction of sp³-hybridized carbons (Fsp3) is 0.100. The molecule has 1 unspecified atom stereocenters. The van der Waals surface area contributed by atoms with Gasteiger partial charge in [-0.25, -0.2) is 0 Å². The Kier molecular flexibility index (Phi) is 2.00. The van der Waals surface area contributed by atoms with Gasteiger partial charge in [-0.05, 0) is 11.0 Å². The van der Waals surface area contributed by atoms with Crippen molar-refractivity contribution in [3.05, 3.63) is 47.4 Å². The minimum absolute atomic E-state index is 0.0174. The van der Waals surface area contributed by atoms with E-state index in [-0.39, 0.29) is 11.0 Å². The lowest BCUT2D eigenvalue weighted by atomic mass is 10.0. The molecule has 1 aliphatic heterocycles. The van der Waals surface area contributed by atoms with Gasteiger partial charge < -0.3 is 0 Å². The number of hydrogen-bond acceptors (Lipinski definition) is 2. The lowest BCUT2D eigenvalue weighted by Gasteiger charge is -2.04. The lowest BCUT2D eigenvalue weighted by Crippen LogP contribution is -2.00. The van der Waals surface area contributed by atoms with Crippen LogP contribution in [0.4, 0.5) is 0 Å². The first-order valence-corrected chi connectivity index (χ1v) is 4.68. The fourth-order valence-corrected chi connectivity index (χ4v) is 1.98. The van der Waals surface area contributed by atoms with Crippen LogP contribution in [0.3, 0.4) is 0 Å². The number of allylic oxidation sites excluding steroid dienone is 1. The Labute approximate surface area is 75.5 Å². The third-order valence-corrected chi connectivity index (χ3v) is 2.65. The summed E-state index contributed by atoms with van der Waals surface area (Å²) in [5, 5.41) is 2.08. The summed E-state index contributed by atoms with van der Waals surface area (Å²) in [6, 6.07) is 9.84. The van der Waals surface area contributed by atoms with Gasteiger partial charge in [0, 0.05) is 0 Å². The summed E-state index contributed by atoms with van der Waals surface area (Å²) in [6.45, 7) is 0. The minimum Gasteiger partial charge on any atom is -0.286 e. The van der Waals surface area contributed by atoms with Crippen molar-refractivity contribution in [2.75, 3.05) is 0 Å². The monoisotopic (exact) mass is 176 g/mol. The Hall–Kier alpha value is -1.02. The molecule has 1 atom stereocenters. The number of rotatable bonds is 1. The van der Waals surface area contributed by atoms with Gasteiger partial charge in [-0.3, -0.25) is 4.79 Å². The largest absolute Gasteiger partial charge is 0.286 e. The molecule has 0 fully saturated rings. The van der Waals surface area contributed by atoms with E-state index in [1.165, 1.54) is 11.8 Å². The summed E-state index contributed by atoms with van der Waals surface area (Å²) < 4.78 is 0. The Morgan fingerprint density at radius 1 is 1.17 bits per heavy atom. The van der Waals surface area contributed by atoms with Crippen LogP contribution in [0.1, 0.15) is 11.5 Å². The Morgan fingerprint density at radius 3 is 2.50 bits per heavy atom. The molecule has 0 spiro atoms. The van der Waals surface area contributed by atoms with E-state index in [4.69, 9.17) is 0 Å². The van der Waals surface area contributed by atoms with Crippen LogP contribution < -0.4 is 0 Å². The zero-order valence-electron chi connectivity index (χ0n) is 6.44. The van der Waals surface area contributed by atoms with Crippen molar-refractivity contribution in [3.63, 3.8) is 0 Å². The van der Waals surface area contributed by atoms with Gasteiger partial charge >= 0.3 is 0 Å². The van der Waals surface area contributed by atoms with Crippen molar-refractivity contribution >= 4 is 16.9 Å². The highest BCUT2D eigenvalue weighted by Gasteiger charge is 2.21. The number of benzene rings is 1. The Morgan fingerprint density at radius 2 is 1.92 bits per heavy atom. The van der Waals surface area contributed by atoms with Gasteiger partial charge in [0.2, 0.25) is 5.12 Å². The molecule has 0 N–H and O–H groups in total. The minimum atomic E-state index is -0.0174. The summed E-state index contributed by atoms with van der Waals surface area (Å²) in [4.78, 5) is 11.3. The molecule has 1 aliphatic rings. The molecule has 0 bridgehead atoms. The second-order valence-corrected chi connectivity index (χ2v) is 3.56. The van der Waals surface area contributed by atoms with Gasteiger partial charge in [0.25, 0.3) is 0 Å². The second kappa shape index (κ2) is 3.15. The van der Waals surface area contributed by atoms with Crippen molar-refractivity contribution in [2.24, 2.45) is 0 Å². The average Bonchev–Trinajstić information content (AvgIpc) is 2.53. The fourth-order valence-electron chi connectivity index (χ4n) is 1.24. The molecule has 12 heavy (non-hydrogen) atoms. The summed E-state index contributed by atoms with van der Waals surface area (Å²) in [6.07, 6.45) is 1.95. The van der Waals surface area contributed by atoms with Crippen molar-refractivity contribution in [1.82, 2.24) is 0 Å². The molecule has 1 nitrogen and oxygen atoms in total. The lowest BCUT2D eigenvalue weighted by molar-refractivity contribution is -0.111. The summed E-state index contributed by atoms with van der Waals surface area (Å²) in [7, 11) is 0. The molecule has 0 saturated carbocycles. The van der Waals surface area contributed by atoms with E-state index < -0.39 is 0 Å². The van der Waals surface area contributed by atoms with Gasteiger partial charge in [0.1, 0.15) is 0 Å². The third kappa shape index (κ3) is 1.30. The van der Waals surface area contributed by atoms with Crippen LogP contribution in [0.15, 0.2) is 41.8 Å². The van der Waals surface area contributed by atoms with E-state index in [0.29, 0.717) is 0 Å². The van der Waals surface area contributed by atoms with Crippen LogP contribution in [0.2, 0.25) is 0 Å². The number of hydrogen-bond donors (Lipinski definition) is 0. The maximum Gasteiger partial charge on any atom is 0.204 e. The highest BCUT2D eigenvalue weighted by molar-refractivity contribution is 8.16. The normalized spacial score (nSPS) is 21.7. The van der Waals surface area contributed by atoms with Crippen molar-refractivity contribution in [3.8, 4) is 0 Å². The zero-order chi connectivity index (χ0) is 8.39. The van der Waals surface area contributed by atoms with Gasteiger partial charge in [-0.15, -0.1) is 0 Å². The first kappa shape index (κ1) is 7.62. The van der Waals surface area contributed by atoms with Crippen molar-refractivity contribution in [2.45, 2.75) is 5.92 Å². The predicted octanol–water partition coefficient (Wildman–Crippen LogP) is 2.56. The zero-order valence-corrected chi connectivity index (χ0v) is 7.25. The molecule has 0 radical (unpaired) electrons. The average molecular weight is 176 g/mol. The molecule has 1 aromatic rings. The standard InChI is InChI=1S/C10H8OS/c11-10-9(6-7-12-10)8-4-2-1-3-5-8/h1-7,9H. The highest BCUT2D eigenvalue weighted by Crippen LogP contribution is 2.30. The number of carbonyl (C=O) groups is 1. The van der Waals surface area contributed by atoms with Gasteiger partial charge in [0.05, 0.1) is 5.92 Å². The van der Waals surface area contributed by atoms with Crippen LogP contribution in [0, 0.1) is 0 Å². The first-order chi connectivity index (χ1) is 5.88. The Balaban J connectivity index is 2.31. The van der Waals surface area contributed by atoms with E-state index in [1.807, 2.05) is 41.8 Å². The molecule has 1 aromatic carbocycles. The maximum absolute atomic E-state index is 11.3. The smallest absolute Gasteiger partial charge is 0.204 e. The Bertz CT molecular complexity index is 316.